The zero-order valence-electron chi connectivity index (χ0n) is 15.9. The highest BCUT2D eigenvalue weighted by Crippen LogP contribution is 2.33. The molecular weight excluding hydrogens is 328 g/mol. The fraction of sp³-hybridized carbons (Fsp3) is 0.455. The largest absolute Gasteiger partial charge is 0.493 e. The van der Waals surface area contributed by atoms with Crippen molar-refractivity contribution in [3.8, 4) is 11.5 Å². The lowest BCUT2D eigenvalue weighted by atomic mass is 9.78. The summed E-state index contributed by atoms with van der Waals surface area (Å²) in [5, 5.41) is 0. The van der Waals surface area contributed by atoms with Crippen LogP contribution >= 0.6 is 0 Å². The summed E-state index contributed by atoms with van der Waals surface area (Å²) in [6.45, 7) is 7.20. The Labute approximate surface area is 156 Å². The van der Waals surface area contributed by atoms with Gasteiger partial charge < -0.3 is 18.9 Å². The number of benzene rings is 2. The number of ether oxygens (including phenoxy) is 4. The van der Waals surface area contributed by atoms with E-state index >= 15 is 0 Å². The monoisotopic (exact) mass is 356 g/mol. The van der Waals surface area contributed by atoms with Crippen LogP contribution < -0.4 is 9.47 Å². The second kappa shape index (κ2) is 8.56. The summed E-state index contributed by atoms with van der Waals surface area (Å²) in [7, 11) is 1.67. The standard InChI is InChI=1S/C22H28O4/c1-22(2,18-6-10-20(11-7-18)25-15-14-23-3)17-4-8-19(9-5-17)24-13-12-21-16-26-21/h4-11,21H,12-16H2,1-3H3. The van der Waals surface area contributed by atoms with Crippen molar-refractivity contribution in [2.75, 3.05) is 33.5 Å². The fourth-order valence-corrected chi connectivity index (χ4v) is 2.89. The third-order valence-electron chi connectivity index (χ3n) is 4.82. The number of hydrogen-bond acceptors (Lipinski definition) is 4. The Hall–Kier alpha value is -2.04. The van der Waals surface area contributed by atoms with Crippen molar-refractivity contribution in [3.05, 3.63) is 59.7 Å². The topological polar surface area (TPSA) is 40.2 Å². The zero-order valence-corrected chi connectivity index (χ0v) is 15.9. The molecule has 4 nitrogen and oxygen atoms in total. The van der Waals surface area contributed by atoms with Gasteiger partial charge in [-0.15, -0.1) is 0 Å². The molecule has 1 fully saturated rings. The molecule has 0 saturated carbocycles. The highest BCUT2D eigenvalue weighted by Gasteiger charge is 2.24. The van der Waals surface area contributed by atoms with Crippen LogP contribution in [0.3, 0.4) is 0 Å². The van der Waals surface area contributed by atoms with Crippen molar-refractivity contribution >= 4 is 0 Å². The van der Waals surface area contributed by atoms with Crippen LogP contribution in [0.25, 0.3) is 0 Å². The first-order chi connectivity index (χ1) is 12.6. The molecular formula is C22H28O4. The molecule has 0 amide bonds. The van der Waals surface area contributed by atoms with Gasteiger partial charge in [0.25, 0.3) is 0 Å². The predicted octanol–water partition coefficient (Wildman–Crippen LogP) is 4.21. The van der Waals surface area contributed by atoms with Crippen molar-refractivity contribution in [1.82, 2.24) is 0 Å². The third-order valence-corrected chi connectivity index (χ3v) is 4.82. The van der Waals surface area contributed by atoms with Crippen LogP contribution in [0.1, 0.15) is 31.4 Å². The SMILES string of the molecule is COCCOc1ccc(C(C)(C)c2ccc(OCCC3CO3)cc2)cc1. The van der Waals surface area contributed by atoms with Gasteiger partial charge in [-0.1, -0.05) is 38.1 Å². The molecule has 2 aromatic rings. The van der Waals surface area contributed by atoms with Gasteiger partial charge in [0, 0.05) is 18.9 Å². The van der Waals surface area contributed by atoms with Crippen LogP contribution in [0.4, 0.5) is 0 Å². The lowest BCUT2D eigenvalue weighted by molar-refractivity contribution is 0.146. The minimum Gasteiger partial charge on any atom is -0.493 e. The lowest BCUT2D eigenvalue weighted by Gasteiger charge is -2.26. The van der Waals surface area contributed by atoms with Crippen molar-refractivity contribution in [1.29, 1.82) is 0 Å². The van der Waals surface area contributed by atoms with E-state index in [1.165, 1.54) is 11.1 Å². The Kier molecular flexibility index (Phi) is 6.17. The number of epoxide rings is 1. The molecule has 1 atom stereocenters. The summed E-state index contributed by atoms with van der Waals surface area (Å²) in [5.41, 5.74) is 2.41. The molecule has 1 unspecified atom stereocenters. The van der Waals surface area contributed by atoms with E-state index in [0.29, 0.717) is 25.9 Å². The Morgan fingerprint density at radius 3 is 1.81 bits per heavy atom. The molecule has 0 radical (unpaired) electrons. The molecule has 0 aliphatic carbocycles. The maximum Gasteiger partial charge on any atom is 0.119 e. The van der Waals surface area contributed by atoms with Gasteiger partial charge in [0.15, 0.2) is 0 Å². The average molecular weight is 356 g/mol. The molecule has 1 saturated heterocycles. The van der Waals surface area contributed by atoms with Gasteiger partial charge in [-0.3, -0.25) is 0 Å². The summed E-state index contributed by atoms with van der Waals surface area (Å²) >= 11 is 0. The normalized spacial score (nSPS) is 16.3. The Bertz CT molecular complexity index is 672. The number of methoxy groups -OCH3 is 1. The summed E-state index contributed by atoms with van der Waals surface area (Å²) in [6.07, 6.45) is 1.38. The van der Waals surface area contributed by atoms with Crippen LogP contribution in [-0.4, -0.2) is 39.6 Å². The van der Waals surface area contributed by atoms with Crippen molar-refractivity contribution < 1.29 is 18.9 Å². The highest BCUT2D eigenvalue weighted by atomic mass is 16.6. The minimum atomic E-state index is -0.0918. The van der Waals surface area contributed by atoms with Gasteiger partial charge in [0.05, 0.1) is 25.9 Å². The molecule has 26 heavy (non-hydrogen) atoms. The summed E-state index contributed by atoms with van der Waals surface area (Å²) in [5.74, 6) is 1.78. The molecule has 1 heterocycles. The van der Waals surface area contributed by atoms with E-state index in [-0.39, 0.29) is 5.41 Å². The molecule has 0 spiro atoms. The van der Waals surface area contributed by atoms with E-state index in [4.69, 9.17) is 18.9 Å². The van der Waals surface area contributed by atoms with Gasteiger partial charge in [0.2, 0.25) is 0 Å². The Morgan fingerprint density at radius 1 is 0.846 bits per heavy atom. The van der Waals surface area contributed by atoms with Gasteiger partial charge in [0.1, 0.15) is 18.1 Å². The molecule has 0 aromatic heterocycles. The molecule has 3 rings (SSSR count). The van der Waals surface area contributed by atoms with Crippen molar-refractivity contribution in [2.45, 2.75) is 31.8 Å². The van der Waals surface area contributed by atoms with Crippen LogP contribution in [0.2, 0.25) is 0 Å². The molecule has 1 aliphatic rings. The summed E-state index contributed by atoms with van der Waals surface area (Å²) in [4.78, 5) is 0. The second-order valence-corrected chi connectivity index (χ2v) is 7.11. The predicted molar refractivity (Wildman–Crippen MR) is 102 cm³/mol. The quantitative estimate of drug-likeness (QED) is 0.472. The minimum absolute atomic E-state index is 0.0918. The Morgan fingerprint density at radius 2 is 1.35 bits per heavy atom. The summed E-state index contributed by atoms with van der Waals surface area (Å²) < 4.78 is 21.6. The van der Waals surface area contributed by atoms with Crippen LogP contribution in [0.15, 0.2) is 48.5 Å². The smallest absolute Gasteiger partial charge is 0.119 e. The van der Waals surface area contributed by atoms with Crippen molar-refractivity contribution in [3.63, 3.8) is 0 Å². The molecule has 4 heteroatoms. The number of hydrogen-bond donors (Lipinski definition) is 0. The summed E-state index contributed by atoms with van der Waals surface area (Å²) in [6, 6.07) is 16.7. The molecule has 0 bridgehead atoms. The first kappa shape index (κ1) is 18.7. The van der Waals surface area contributed by atoms with Gasteiger partial charge >= 0.3 is 0 Å². The Balaban J connectivity index is 1.60. The van der Waals surface area contributed by atoms with E-state index in [2.05, 4.69) is 38.1 Å². The molecule has 140 valence electrons. The van der Waals surface area contributed by atoms with Gasteiger partial charge in [-0.2, -0.15) is 0 Å². The number of rotatable bonds is 10. The highest BCUT2D eigenvalue weighted by molar-refractivity contribution is 5.41. The van der Waals surface area contributed by atoms with Crippen LogP contribution in [0, 0.1) is 0 Å². The lowest BCUT2D eigenvalue weighted by Crippen LogP contribution is -2.18. The van der Waals surface area contributed by atoms with Crippen LogP contribution in [-0.2, 0) is 14.9 Å². The van der Waals surface area contributed by atoms with Crippen LogP contribution in [0.5, 0.6) is 11.5 Å². The molecule has 1 aliphatic heterocycles. The molecule has 2 aromatic carbocycles. The average Bonchev–Trinajstić information content (AvgIpc) is 3.47. The van der Waals surface area contributed by atoms with Gasteiger partial charge in [-0.25, -0.2) is 0 Å². The van der Waals surface area contributed by atoms with Crippen molar-refractivity contribution in [2.24, 2.45) is 0 Å². The maximum absolute atomic E-state index is 5.79. The zero-order chi connectivity index (χ0) is 18.4. The van der Waals surface area contributed by atoms with E-state index in [9.17, 15) is 0 Å². The maximum atomic E-state index is 5.79. The van der Waals surface area contributed by atoms with E-state index in [1.54, 1.807) is 7.11 Å². The molecule has 0 N–H and O–H groups in total. The fourth-order valence-electron chi connectivity index (χ4n) is 2.89. The van der Waals surface area contributed by atoms with E-state index in [1.807, 2.05) is 24.3 Å². The first-order valence-corrected chi connectivity index (χ1v) is 9.17. The van der Waals surface area contributed by atoms with Gasteiger partial charge in [-0.05, 0) is 35.4 Å². The third kappa shape index (κ3) is 4.99. The first-order valence-electron chi connectivity index (χ1n) is 9.17. The van der Waals surface area contributed by atoms with E-state index in [0.717, 1.165) is 24.5 Å². The van der Waals surface area contributed by atoms with E-state index < -0.39 is 0 Å². The second-order valence-electron chi connectivity index (χ2n) is 7.11.